The summed E-state index contributed by atoms with van der Waals surface area (Å²) in [6.07, 6.45) is 0. The molecule has 116 valence electrons. The number of carbonyl (C=O) groups is 2. The lowest BCUT2D eigenvalue weighted by Crippen LogP contribution is -2.22. The molecule has 0 saturated carbocycles. The molecule has 0 bridgehead atoms. The number of nitriles is 1. The molecule has 23 heavy (non-hydrogen) atoms. The first-order valence-electron chi connectivity index (χ1n) is 6.98. The van der Waals surface area contributed by atoms with E-state index in [-0.39, 0.29) is 18.4 Å². The van der Waals surface area contributed by atoms with Crippen LogP contribution in [0.25, 0.3) is 0 Å². The largest absolute Gasteiger partial charge is 0.376 e. The van der Waals surface area contributed by atoms with E-state index in [1.165, 1.54) is 0 Å². The van der Waals surface area contributed by atoms with Gasteiger partial charge in [-0.1, -0.05) is 6.07 Å². The van der Waals surface area contributed by atoms with E-state index in [0.29, 0.717) is 22.5 Å². The molecular formula is C17H16N4O2. The Balaban J connectivity index is 1.89. The molecule has 0 saturated heterocycles. The highest BCUT2D eigenvalue weighted by atomic mass is 16.2. The van der Waals surface area contributed by atoms with Crippen molar-refractivity contribution >= 4 is 23.2 Å². The standard InChI is InChI=1S/C17H16N4O2/c1-19-17(23)13-5-7-14(8-6-13)21-16(22)11-20-15-4-2-3-12(9-15)10-18/h2-9,20H,11H2,1H3,(H,19,23)(H,21,22). The fourth-order valence-corrected chi connectivity index (χ4v) is 1.94. The highest BCUT2D eigenvalue weighted by molar-refractivity contribution is 5.96. The molecule has 2 aromatic rings. The van der Waals surface area contributed by atoms with E-state index in [2.05, 4.69) is 16.0 Å². The van der Waals surface area contributed by atoms with E-state index in [9.17, 15) is 9.59 Å². The maximum atomic E-state index is 11.9. The predicted octanol–water partition coefficient (Wildman–Crippen LogP) is 1.97. The number of hydrogen-bond acceptors (Lipinski definition) is 4. The highest BCUT2D eigenvalue weighted by Gasteiger charge is 2.05. The van der Waals surface area contributed by atoms with E-state index in [1.807, 2.05) is 6.07 Å². The van der Waals surface area contributed by atoms with Gasteiger partial charge in [0, 0.05) is 24.0 Å². The molecular weight excluding hydrogens is 292 g/mol. The van der Waals surface area contributed by atoms with Gasteiger partial charge in [0.1, 0.15) is 0 Å². The van der Waals surface area contributed by atoms with Crippen molar-refractivity contribution in [3.05, 3.63) is 59.7 Å². The summed E-state index contributed by atoms with van der Waals surface area (Å²) in [6, 6.07) is 15.5. The number of rotatable bonds is 5. The number of nitrogens with zero attached hydrogens (tertiary/aromatic N) is 1. The van der Waals surface area contributed by atoms with Crippen LogP contribution in [0.3, 0.4) is 0 Å². The molecule has 0 radical (unpaired) electrons. The Labute approximate surface area is 134 Å². The van der Waals surface area contributed by atoms with Gasteiger partial charge in [-0.3, -0.25) is 9.59 Å². The van der Waals surface area contributed by atoms with Crippen molar-refractivity contribution in [2.75, 3.05) is 24.2 Å². The molecule has 6 nitrogen and oxygen atoms in total. The minimum atomic E-state index is -0.222. The molecule has 0 fully saturated rings. The van der Waals surface area contributed by atoms with Crippen LogP contribution in [0.5, 0.6) is 0 Å². The highest BCUT2D eigenvalue weighted by Crippen LogP contribution is 2.11. The number of carbonyl (C=O) groups excluding carboxylic acids is 2. The Morgan fingerprint density at radius 1 is 1.09 bits per heavy atom. The van der Waals surface area contributed by atoms with Crippen molar-refractivity contribution < 1.29 is 9.59 Å². The number of nitrogens with one attached hydrogen (secondary N) is 3. The van der Waals surface area contributed by atoms with Crippen molar-refractivity contribution in [3.63, 3.8) is 0 Å². The first kappa shape index (κ1) is 16.0. The molecule has 0 aromatic heterocycles. The second kappa shape index (κ2) is 7.61. The quantitative estimate of drug-likeness (QED) is 0.787. The first-order chi connectivity index (χ1) is 11.1. The van der Waals surface area contributed by atoms with Crippen molar-refractivity contribution in [3.8, 4) is 6.07 Å². The van der Waals surface area contributed by atoms with Crippen LogP contribution in [0.2, 0.25) is 0 Å². The van der Waals surface area contributed by atoms with Gasteiger partial charge in [-0.05, 0) is 42.5 Å². The number of anilines is 2. The summed E-state index contributed by atoms with van der Waals surface area (Å²) in [5.74, 6) is -0.401. The van der Waals surface area contributed by atoms with E-state index in [0.717, 1.165) is 0 Å². The average molecular weight is 308 g/mol. The Bertz CT molecular complexity index is 748. The zero-order valence-electron chi connectivity index (χ0n) is 12.6. The molecule has 0 spiro atoms. The normalized spacial score (nSPS) is 9.57. The third-order valence-electron chi connectivity index (χ3n) is 3.10. The summed E-state index contributed by atoms with van der Waals surface area (Å²) >= 11 is 0. The van der Waals surface area contributed by atoms with Crippen LogP contribution in [-0.4, -0.2) is 25.4 Å². The van der Waals surface area contributed by atoms with Gasteiger partial charge in [0.25, 0.3) is 5.91 Å². The lowest BCUT2D eigenvalue weighted by Gasteiger charge is -2.08. The topological polar surface area (TPSA) is 94.0 Å². The van der Waals surface area contributed by atoms with E-state index in [4.69, 9.17) is 5.26 Å². The smallest absolute Gasteiger partial charge is 0.251 e. The molecule has 0 unspecified atom stereocenters. The lowest BCUT2D eigenvalue weighted by molar-refractivity contribution is -0.114. The molecule has 2 aromatic carbocycles. The minimum Gasteiger partial charge on any atom is -0.376 e. The van der Waals surface area contributed by atoms with Gasteiger partial charge in [-0.2, -0.15) is 5.26 Å². The number of amides is 2. The van der Waals surface area contributed by atoms with E-state index < -0.39 is 0 Å². The van der Waals surface area contributed by atoms with Gasteiger partial charge >= 0.3 is 0 Å². The molecule has 2 amide bonds. The van der Waals surface area contributed by atoms with Crippen LogP contribution in [0.1, 0.15) is 15.9 Å². The van der Waals surface area contributed by atoms with E-state index in [1.54, 1.807) is 55.6 Å². The summed E-state index contributed by atoms with van der Waals surface area (Å²) in [4.78, 5) is 23.3. The molecule has 0 aliphatic rings. The van der Waals surface area contributed by atoms with Crippen molar-refractivity contribution in [2.45, 2.75) is 0 Å². The Kier molecular flexibility index (Phi) is 5.31. The monoisotopic (exact) mass is 308 g/mol. The van der Waals surface area contributed by atoms with Crippen LogP contribution < -0.4 is 16.0 Å². The van der Waals surface area contributed by atoms with Gasteiger partial charge in [0.2, 0.25) is 5.91 Å². The Morgan fingerprint density at radius 3 is 2.48 bits per heavy atom. The van der Waals surface area contributed by atoms with Crippen LogP contribution in [-0.2, 0) is 4.79 Å². The zero-order valence-corrected chi connectivity index (χ0v) is 12.6. The average Bonchev–Trinajstić information content (AvgIpc) is 2.60. The third-order valence-corrected chi connectivity index (χ3v) is 3.10. The van der Waals surface area contributed by atoms with Crippen molar-refractivity contribution in [1.29, 1.82) is 5.26 Å². The first-order valence-corrected chi connectivity index (χ1v) is 6.98. The van der Waals surface area contributed by atoms with Crippen molar-refractivity contribution in [2.24, 2.45) is 0 Å². The summed E-state index contributed by atoms with van der Waals surface area (Å²) in [7, 11) is 1.56. The summed E-state index contributed by atoms with van der Waals surface area (Å²) in [5.41, 5.74) is 2.36. The van der Waals surface area contributed by atoms with Gasteiger partial charge < -0.3 is 16.0 Å². The van der Waals surface area contributed by atoms with Crippen molar-refractivity contribution in [1.82, 2.24) is 5.32 Å². The fourth-order valence-electron chi connectivity index (χ4n) is 1.94. The van der Waals surface area contributed by atoms with Gasteiger partial charge in [0.15, 0.2) is 0 Å². The van der Waals surface area contributed by atoms with Crippen LogP contribution in [0, 0.1) is 11.3 Å². The van der Waals surface area contributed by atoms with E-state index >= 15 is 0 Å². The summed E-state index contributed by atoms with van der Waals surface area (Å²) < 4.78 is 0. The van der Waals surface area contributed by atoms with Crippen LogP contribution in [0.15, 0.2) is 48.5 Å². The molecule has 6 heteroatoms. The molecule has 2 rings (SSSR count). The van der Waals surface area contributed by atoms with Gasteiger partial charge in [0.05, 0.1) is 18.2 Å². The Hall–Kier alpha value is -3.33. The maximum absolute atomic E-state index is 11.9. The van der Waals surface area contributed by atoms with Gasteiger partial charge in [-0.15, -0.1) is 0 Å². The third kappa shape index (κ3) is 4.58. The van der Waals surface area contributed by atoms with Crippen LogP contribution >= 0.6 is 0 Å². The number of hydrogen-bond donors (Lipinski definition) is 3. The maximum Gasteiger partial charge on any atom is 0.251 e. The number of benzene rings is 2. The lowest BCUT2D eigenvalue weighted by atomic mass is 10.2. The summed E-state index contributed by atoms with van der Waals surface area (Å²) in [5, 5.41) is 17.0. The minimum absolute atomic E-state index is 0.0755. The SMILES string of the molecule is CNC(=O)c1ccc(NC(=O)CNc2cccc(C#N)c2)cc1. The molecule has 3 N–H and O–H groups in total. The second-order valence-corrected chi connectivity index (χ2v) is 4.75. The van der Waals surface area contributed by atoms with Crippen LogP contribution in [0.4, 0.5) is 11.4 Å². The fraction of sp³-hybridized carbons (Fsp3) is 0.118. The molecule has 0 heterocycles. The molecule has 0 aliphatic carbocycles. The Morgan fingerprint density at radius 2 is 1.83 bits per heavy atom. The zero-order chi connectivity index (χ0) is 16.7. The molecule has 0 aliphatic heterocycles. The molecule has 0 atom stereocenters. The van der Waals surface area contributed by atoms with Gasteiger partial charge in [-0.25, -0.2) is 0 Å². The predicted molar refractivity (Wildman–Crippen MR) is 88.1 cm³/mol. The summed E-state index contributed by atoms with van der Waals surface area (Å²) in [6.45, 7) is 0.0755. The second-order valence-electron chi connectivity index (χ2n) is 4.75.